The molecule has 2 fully saturated rings. The summed E-state index contributed by atoms with van der Waals surface area (Å²) < 4.78 is 26.0. The molecule has 0 spiro atoms. The molecule has 5 nitrogen and oxygen atoms in total. The van der Waals surface area contributed by atoms with Crippen molar-refractivity contribution >= 4 is 10.0 Å². The van der Waals surface area contributed by atoms with Gasteiger partial charge >= 0.3 is 0 Å². The fraction of sp³-hybridized carbons (Fsp3) is 0.706. The molecule has 0 bridgehead atoms. The van der Waals surface area contributed by atoms with Crippen molar-refractivity contribution in [3.63, 3.8) is 0 Å². The number of rotatable bonds is 7. The molecule has 1 aliphatic carbocycles. The molecule has 2 aliphatic rings. The average molecular weight is 337 g/mol. The Balaban J connectivity index is 1.48. The molecule has 3 rings (SSSR count). The highest BCUT2D eigenvalue weighted by Crippen LogP contribution is 2.32. The fourth-order valence-electron chi connectivity index (χ4n) is 3.36. The van der Waals surface area contributed by atoms with Crippen LogP contribution in [0.5, 0.6) is 0 Å². The quantitative estimate of drug-likeness (QED) is 0.761. The lowest BCUT2D eigenvalue weighted by Gasteiger charge is -2.37. The summed E-state index contributed by atoms with van der Waals surface area (Å²) in [5, 5.41) is 0. The van der Waals surface area contributed by atoms with Gasteiger partial charge in [0.05, 0.1) is 6.26 Å². The Bertz CT molecular complexity index is 594. The number of hydrogen-bond donors (Lipinski definition) is 0. The second-order valence-electron chi connectivity index (χ2n) is 6.92. The molecule has 0 atom stereocenters. The van der Waals surface area contributed by atoms with E-state index in [-0.39, 0.29) is 6.04 Å². The third-order valence-electron chi connectivity index (χ3n) is 4.94. The van der Waals surface area contributed by atoms with E-state index in [0.29, 0.717) is 5.92 Å². The Morgan fingerprint density at radius 1 is 1.22 bits per heavy atom. The van der Waals surface area contributed by atoms with Crippen LogP contribution in [0, 0.1) is 5.92 Å². The minimum atomic E-state index is -3.09. The normalized spacial score (nSPS) is 21.0. The number of pyridine rings is 1. The molecule has 0 unspecified atom stereocenters. The first-order valence-corrected chi connectivity index (χ1v) is 10.5. The predicted octanol–water partition coefficient (Wildman–Crippen LogP) is 1.76. The van der Waals surface area contributed by atoms with Crippen molar-refractivity contribution in [2.24, 2.45) is 5.92 Å². The molecule has 0 aromatic carbocycles. The zero-order valence-electron chi connectivity index (χ0n) is 13.9. The Kier molecular flexibility index (Phi) is 5.34. The van der Waals surface area contributed by atoms with E-state index in [0.717, 1.165) is 51.1 Å². The van der Waals surface area contributed by atoms with Gasteiger partial charge in [-0.05, 0) is 56.8 Å². The first-order valence-electron chi connectivity index (χ1n) is 8.61. The second kappa shape index (κ2) is 7.28. The maximum absolute atomic E-state index is 12.1. The number of sulfonamides is 1. The smallest absolute Gasteiger partial charge is 0.211 e. The van der Waals surface area contributed by atoms with E-state index in [1.54, 1.807) is 4.31 Å². The highest BCUT2D eigenvalue weighted by Gasteiger charge is 2.34. The summed E-state index contributed by atoms with van der Waals surface area (Å²) in [5.41, 5.74) is 1.13. The standard InChI is InChI=1S/C17H27N3O2S/c1-23(21,22)20(14-15-5-6-15)17-8-12-19(13-9-17)11-7-16-4-2-3-10-18-16/h2-4,10,15,17H,5-9,11-14H2,1H3. The van der Waals surface area contributed by atoms with E-state index < -0.39 is 10.0 Å². The van der Waals surface area contributed by atoms with Gasteiger partial charge in [-0.25, -0.2) is 8.42 Å². The van der Waals surface area contributed by atoms with Gasteiger partial charge in [0.2, 0.25) is 10.0 Å². The Hall–Kier alpha value is -0.980. The topological polar surface area (TPSA) is 53.5 Å². The van der Waals surface area contributed by atoms with Crippen LogP contribution in [0.25, 0.3) is 0 Å². The summed E-state index contributed by atoms with van der Waals surface area (Å²) in [7, 11) is -3.09. The maximum atomic E-state index is 12.1. The maximum Gasteiger partial charge on any atom is 0.211 e. The molecule has 1 aliphatic heterocycles. The molecule has 0 N–H and O–H groups in total. The summed E-state index contributed by atoms with van der Waals surface area (Å²) in [6.45, 7) is 3.70. The molecular formula is C17H27N3O2S. The highest BCUT2D eigenvalue weighted by atomic mass is 32.2. The van der Waals surface area contributed by atoms with Crippen LogP contribution in [0.4, 0.5) is 0 Å². The van der Waals surface area contributed by atoms with Crippen molar-refractivity contribution < 1.29 is 8.42 Å². The van der Waals surface area contributed by atoms with Crippen LogP contribution in [-0.2, 0) is 16.4 Å². The fourth-order valence-corrected chi connectivity index (χ4v) is 4.59. The van der Waals surface area contributed by atoms with Crippen molar-refractivity contribution in [2.75, 3.05) is 32.4 Å². The van der Waals surface area contributed by atoms with Crippen molar-refractivity contribution in [3.8, 4) is 0 Å². The highest BCUT2D eigenvalue weighted by molar-refractivity contribution is 7.88. The summed E-state index contributed by atoms with van der Waals surface area (Å²) in [4.78, 5) is 6.80. The molecule has 1 saturated heterocycles. The van der Waals surface area contributed by atoms with Gasteiger partial charge in [0, 0.05) is 37.4 Å². The molecule has 1 aromatic rings. The monoisotopic (exact) mass is 337 g/mol. The minimum absolute atomic E-state index is 0.191. The van der Waals surface area contributed by atoms with Crippen LogP contribution in [0.2, 0.25) is 0 Å². The van der Waals surface area contributed by atoms with Gasteiger partial charge in [0.1, 0.15) is 0 Å². The van der Waals surface area contributed by atoms with Gasteiger partial charge in [0.15, 0.2) is 0 Å². The molecule has 23 heavy (non-hydrogen) atoms. The van der Waals surface area contributed by atoms with Crippen LogP contribution in [-0.4, -0.2) is 61.1 Å². The lowest BCUT2D eigenvalue weighted by atomic mass is 10.0. The Morgan fingerprint density at radius 2 is 1.96 bits per heavy atom. The van der Waals surface area contributed by atoms with Crippen LogP contribution < -0.4 is 0 Å². The summed E-state index contributed by atoms with van der Waals surface area (Å²) in [6.07, 6.45) is 8.43. The molecule has 0 radical (unpaired) electrons. The molecule has 0 amide bonds. The lowest BCUT2D eigenvalue weighted by Crippen LogP contribution is -2.48. The summed E-state index contributed by atoms with van der Waals surface area (Å²) in [5.74, 6) is 0.604. The predicted molar refractivity (Wildman–Crippen MR) is 91.7 cm³/mol. The lowest BCUT2D eigenvalue weighted by molar-refractivity contribution is 0.158. The number of aromatic nitrogens is 1. The first kappa shape index (κ1) is 16.9. The Labute approximate surface area is 139 Å². The van der Waals surface area contributed by atoms with Crippen molar-refractivity contribution in [1.82, 2.24) is 14.2 Å². The van der Waals surface area contributed by atoms with Gasteiger partial charge in [0.25, 0.3) is 0 Å². The summed E-state index contributed by atoms with van der Waals surface area (Å²) >= 11 is 0. The number of piperidine rings is 1. The van der Waals surface area contributed by atoms with E-state index in [2.05, 4.69) is 16.0 Å². The van der Waals surface area contributed by atoms with Crippen LogP contribution >= 0.6 is 0 Å². The Morgan fingerprint density at radius 3 is 2.52 bits per heavy atom. The third kappa shape index (κ3) is 4.99. The molecule has 128 valence electrons. The molecule has 2 heterocycles. The van der Waals surface area contributed by atoms with Crippen LogP contribution in [0.15, 0.2) is 24.4 Å². The van der Waals surface area contributed by atoms with Crippen molar-refractivity contribution in [2.45, 2.75) is 38.1 Å². The zero-order valence-corrected chi connectivity index (χ0v) is 14.7. The van der Waals surface area contributed by atoms with E-state index in [1.807, 2.05) is 18.3 Å². The zero-order chi connectivity index (χ0) is 16.3. The number of likely N-dealkylation sites (tertiary alicyclic amines) is 1. The van der Waals surface area contributed by atoms with Gasteiger partial charge in [-0.15, -0.1) is 0 Å². The SMILES string of the molecule is CS(=O)(=O)N(CC1CC1)C1CCN(CCc2ccccn2)CC1. The third-order valence-corrected chi connectivity index (χ3v) is 6.23. The average Bonchev–Trinajstić information content (AvgIpc) is 3.35. The first-order chi connectivity index (χ1) is 11.0. The second-order valence-corrected chi connectivity index (χ2v) is 8.85. The van der Waals surface area contributed by atoms with Gasteiger partial charge in [-0.3, -0.25) is 4.98 Å². The van der Waals surface area contributed by atoms with Gasteiger partial charge < -0.3 is 4.90 Å². The van der Waals surface area contributed by atoms with E-state index in [4.69, 9.17) is 0 Å². The molecule has 1 saturated carbocycles. The van der Waals surface area contributed by atoms with Gasteiger partial charge in [-0.1, -0.05) is 6.07 Å². The van der Waals surface area contributed by atoms with Crippen molar-refractivity contribution in [3.05, 3.63) is 30.1 Å². The number of hydrogen-bond acceptors (Lipinski definition) is 4. The van der Waals surface area contributed by atoms with Gasteiger partial charge in [-0.2, -0.15) is 4.31 Å². The van der Waals surface area contributed by atoms with E-state index >= 15 is 0 Å². The largest absolute Gasteiger partial charge is 0.303 e. The van der Waals surface area contributed by atoms with E-state index in [9.17, 15) is 8.42 Å². The summed E-state index contributed by atoms with van der Waals surface area (Å²) in [6, 6.07) is 6.22. The number of nitrogens with zero attached hydrogens (tertiary/aromatic N) is 3. The molecule has 1 aromatic heterocycles. The minimum Gasteiger partial charge on any atom is -0.303 e. The molecule has 6 heteroatoms. The van der Waals surface area contributed by atoms with E-state index in [1.165, 1.54) is 19.1 Å². The van der Waals surface area contributed by atoms with Crippen LogP contribution in [0.3, 0.4) is 0 Å². The van der Waals surface area contributed by atoms with Crippen molar-refractivity contribution in [1.29, 1.82) is 0 Å². The molecular weight excluding hydrogens is 310 g/mol. The van der Waals surface area contributed by atoms with Crippen LogP contribution in [0.1, 0.15) is 31.4 Å².